The van der Waals surface area contributed by atoms with Crippen molar-refractivity contribution in [3.63, 3.8) is 0 Å². The topological polar surface area (TPSA) is 92.5 Å². The molecule has 0 unspecified atom stereocenters. The van der Waals surface area contributed by atoms with Gasteiger partial charge in [-0.3, -0.25) is 10.2 Å². The van der Waals surface area contributed by atoms with Crippen LogP contribution in [0.3, 0.4) is 0 Å². The molecule has 0 spiro atoms. The van der Waals surface area contributed by atoms with Crippen molar-refractivity contribution in [3.05, 3.63) is 33.8 Å². The summed E-state index contributed by atoms with van der Waals surface area (Å²) in [5.74, 6) is 4.88. The fraction of sp³-hybridized carbons (Fsp3) is 0.364. The van der Waals surface area contributed by atoms with E-state index < -0.39 is 10.0 Å². The highest BCUT2D eigenvalue weighted by Gasteiger charge is 2.28. The van der Waals surface area contributed by atoms with E-state index in [9.17, 15) is 13.2 Å². The SMILES string of the molecule is NNC(=O)c1ccc(CN2CCCS2(=O)=O)c(Br)c1. The fourth-order valence-corrected chi connectivity index (χ4v) is 3.96. The number of sulfonamides is 1. The molecule has 8 heteroatoms. The second-order valence-electron chi connectivity index (χ2n) is 4.28. The van der Waals surface area contributed by atoms with Gasteiger partial charge in [0, 0.05) is 23.1 Å². The van der Waals surface area contributed by atoms with E-state index in [0.717, 1.165) is 5.56 Å². The van der Waals surface area contributed by atoms with E-state index in [1.165, 1.54) is 4.31 Å². The first-order valence-electron chi connectivity index (χ1n) is 5.71. The molecule has 19 heavy (non-hydrogen) atoms. The maximum absolute atomic E-state index is 11.7. The van der Waals surface area contributed by atoms with Gasteiger partial charge in [-0.25, -0.2) is 14.3 Å². The molecule has 104 valence electrons. The molecule has 0 bridgehead atoms. The first-order valence-corrected chi connectivity index (χ1v) is 8.11. The van der Waals surface area contributed by atoms with E-state index in [1.54, 1.807) is 18.2 Å². The van der Waals surface area contributed by atoms with Crippen molar-refractivity contribution in [2.45, 2.75) is 13.0 Å². The molecule has 1 amide bonds. The Balaban J connectivity index is 2.20. The molecule has 6 nitrogen and oxygen atoms in total. The Morgan fingerprint density at radius 1 is 1.47 bits per heavy atom. The molecule has 3 N–H and O–H groups in total. The minimum Gasteiger partial charge on any atom is -0.290 e. The number of carbonyl (C=O) groups is 1. The van der Waals surface area contributed by atoms with Crippen LogP contribution in [0.2, 0.25) is 0 Å². The number of nitrogen functional groups attached to an aromatic ring is 1. The number of nitrogens with one attached hydrogen (secondary N) is 1. The number of nitrogens with zero attached hydrogens (tertiary/aromatic N) is 1. The third-order valence-electron chi connectivity index (χ3n) is 3.00. The highest BCUT2D eigenvalue weighted by atomic mass is 79.9. The van der Waals surface area contributed by atoms with Crippen LogP contribution in [0.5, 0.6) is 0 Å². The van der Waals surface area contributed by atoms with Crippen molar-refractivity contribution in [2.24, 2.45) is 5.84 Å². The zero-order valence-electron chi connectivity index (χ0n) is 10.1. The van der Waals surface area contributed by atoms with Crippen molar-refractivity contribution in [1.29, 1.82) is 0 Å². The standard InChI is InChI=1S/C11H14BrN3O3S/c12-10-6-8(11(16)14-13)2-3-9(10)7-15-4-1-5-19(15,17)18/h2-3,6H,1,4-5,7,13H2,(H,14,16). The van der Waals surface area contributed by atoms with Gasteiger partial charge >= 0.3 is 0 Å². The second kappa shape index (κ2) is 5.58. The lowest BCUT2D eigenvalue weighted by Crippen LogP contribution is -2.30. The van der Waals surface area contributed by atoms with Gasteiger partial charge in [-0.1, -0.05) is 22.0 Å². The zero-order valence-corrected chi connectivity index (χ0v) is 12.5. The minimum absolute atomic E-state index is 0.207. The normalized spacial score (nSPS) is 18.4. The van der Waals surface area contributed by atoms with Gasteiger partial charge in [0.1, 0.15) is 0 Å². The second-order valence-corrected chi connectivity index (χ2v) is 7.23. The number of benzene rings is 1. The van der Waals surface area contributed by atoms with Crippen molar-refractivity contribution < 1.29 is 13.2 Å². The van der Waals surface area contributed by atoms with E-state index in [1.807, 2.05) is 5.43 Å². The molecule has 1 saturated heterocycles. The number of hydrogen-bond acceptors (Lipinski definition) is 4. The molecule has 0 atom stereocenters. The summed E-state index contributed by atoms with van der Waals surface area (Å²) in [7, 11) is -3.12. The summed E-state index contributed by atoms with van der Waals surface area (Å²) in [6.07, 6.45) is 0.660. The maximum Gasteiger partial charge on any atom is 0.265 e. The Hall–Kier alpha value is -0.960. The van der Waals surface area contributed by atoms with E-state index in [4.69, 9.17) is 5.84 Å². The average Bonchev–Trinajstić information content (AvgIpc) is 2.70. The number of carbonyl (C=O) groups excluding carboxylic acids is 1. The Morgan fingerprint density at radius 3 is 2.74 bits per heavy atom. The largest absolute Gasteiger partial charge is 0.290 e. The average molecular weight is 348 g/mol. The van der Waals surface area contributed by atoms with E-state index >= 15 is 0 Å². The molecular formula is C11H14BrN3O3S. The van der Waals surface area contributed by atoms with Gasteiger partial charge < -0.3 is 0 Å². The lowest BCUT2D eigenvalue weighted by atomic mass is 10.1. The Morgan fingerprint density at radius 2 is 2.21 bits per heavy atom. The van der Waals surface area contributed by atoms with E-state index in [2.05, 4.69) is 15.9 Å². The van der Waals surface area contributed by atoms with Crippen LogP contribution < -0.4 is 11.3 Å². The molecule has 0 aromatic heterocycles. The number of amides is 1. The molecule has 0 saturated carbocycles. The van der Waals surface area contributed by atoms with Gasteiger partial charge in [0.05, 0.1) is 5.75 Å². The van der Waals surface area contributed by atoms with Crippen LogP contribution in [0.25, 0.3) is 0 Å². The lowest BCUT2D eigenvalue weighted by Gasteiger charge is -2.15. The van der Waals surface area contributed by atoms with Crippen LogP contribution in [-0.4, -0.2) is 30.9 Å². The Bertz CT molecular complexity index is 603. The van der Waals surface area contributed by atoms with Gasteiger partial charge in [-0.05, 0) is 24.1 Å². The molecular weight excluding hydrogens is 334 g/mol. The van der Waals surface area contributed by atoms with Crippen molar-refractivity contribution in [1.82, 2.24) is 9.73 Å². The summed E-state index contributed by atoms with van der Waals surface area (Å²) in [5, 5.41) is 0. The highest BCUT2D eigenvalue weighted by molar-refractivity contribution is 9.10. The fourth-order valence-electron chi connectivity index (χ4n) is 1.96. The third kappa shape index (κ3) is 3.14. The quantitative estimate of drug-likeness (QED) is 0.475. The zero-order chi connectivity index (χ0) is 14.0. The van der Waals surface area contributed by atoms with Crippen molar-refractivity contribution >= 4 is 31.9 Å². The molecule has 1 aliphatic heterocycles. The monoisotopic (exact) mass is 347 g/mol. The number of halogens is 1. The van der Waals surface area contributed by atoms with Crippen LogP contribution in [0.15, 0.2) is 22.7 Å². The summed E-state index contributed by atoms with van der Waals surface area (Å²) in [5.41, 5.74) is 3.29. The summed E-state index contributed by atoms with van der Waals surface area (Å²) in [4.78, 5) is 11.4. The molecule has 0 aliphatic carbocycles. The molecule has 1 aromatic carbocycles. The van der Waals surface area contributed by atoms with Gasteiger partial charge in [0.25, 0.3) is 5.91 Å². The van der Waals surface area contributed by atoms with Crippen LogP contribution >= 0.6 is 15.9 Å². The number of nitrogens with two attached hydrogens (primary N) is 1. The molecule has 1 heterocycles. The van der Waals surface area contributed by atoms with E-state index in [-0.39, 0.29) is 11.7 Å². The predicted octanol–water partition coefficient (Wildman–Crippen LogP) is 0.588. The first-order chi connectivity index (χ1) is 8.94. The van der Waals surface area contributed by atoms with Crippen molar-refractivity contribution in [3.8, 4) is 0 Å². The van der Waals surface area contributed by atoms with Crippen LogP contribution in [0, 0.1) is 0 Å². The highest BCUT2D eigenvalue weighted by Crippen LogP contribution is 2.24. The number of hydrogen-bond donors (Lipinski definition) is 2. The van der Waals surface area contributed by atoms with Crippen molar-refractivity contribution in [2.75, 3.05) is 12.3 Å². The van der Waals surface area contributed by atoms with Gasteiger partial charge in [0.2, 0.25) is 10.0 Å². The van der Waals surface area contributed by atoms with Gasteiger partial charge in [0.15, 0.2) is 0 Å². The molecule has 0 radical (unpaired) electrons. The summed E-state index contributed by atoms with van der Waals surface area (Å²) < 4.78 is 25.6. The Kier molecular flexibility index (Phi) is 4.24. The van der Waals surface area contributed by atoms with Gasteiger partial charge in [-0.2, -0.15) is 4.31 Å². The van der Waals surface area contributed by atoms with E-state index in [0.29, 0.717) is 29.5 Å². The predicted molar refractivity (Wildman–Crippen MR) is 74.6 cm³/mol. The number of rotatable bonds is 3. The smallest absolute Gasteiger partial charge is 0.265 e. The lowest BCUT2D eigenvalue weighted by molar-refractivity contribution is 0.0953. The van der Waals surface area contributed by atoms with Crippen LogP contribution in [0.4, 0.5) is 0 Å². The molecule has 2 rings (SSSR count). The summed E-state index contributed by atoms with van der Waals surface area (Å²) in [6.45, 7) is 0.854. The third-order valence-corrected chi connectivity index (χ3v) is 5.64. The van der Waals surface area contributed by atoms with Crippen LogP contribution in [0.1, 0.15) is 22.3 Å². The van der Waals surface area contributed by atoms with Gasteiger partial charge in [-0.15, -0.1) is 0 Å². The molecule has 1 fully saturated rings. The Labute approximate surface area is 120 Å². The maximum atomic E-state index is 11.7. The molecule has 1 aliphatic rings. The molecule has 1 aromatic rings. The summed E-state index contributed by atoms with van der Waals surface area (Å²) in [6, 6.07) is 4.97. The minimum atomic E-state index is -3.12. The number of hydrazine groups is 1. The first kappa shape index (κ1) is 14.4. The summed E-state index contributed by atoms with van der Waals surface area (Å²) >= 11 is 3.35. The van der Waals surface area contributed by atoms with Crippen LogP contribution in [-0.2, 0) is 16.6 Å².